The van der Waals surface area contributed by atoms with Crippen LogP contribution in [0.5, 0.6) is 5.75 Å². The number of anilines is 4. The summed E-state index contributed by atoms with van der Waals surface area (Å²) in [6, 6.07) is 12.4. The maximum Gasteiger partial charge on any atom is 0.265 e. The first-order valence-electron chi connectivity index (χ1n) is 10.9. The molecule has 166 valence electrons. The van der Waals surface area contributed by atoms with E-state index in [-0.39, 0.29) is 24.7 Å². The van der Waals surface area contributed by atoms with Crippen LogP contribution in [0.3, 0.4) is 0 Å². The Morgan fingerprint density at radius 2 is 1.87 bits per heavy atom. The minimum Gasteiger partial charge on any atom is -0.481 e. The number of hydrogen-bond donors (Lipinski definition) is 2. The van der Waals surface area contributed by atoms with Crippen molar-refractivity contribution in [3.63, 3.8) is 0 Å². The second-order valence-electron chi connectivity index (χ2n) is 8.41. The van der Waals surface area contributed by atoms with Crippen LogP contribution in [0.2, 0.25) is 0 Å². The second kappa shape index (κ2) is 9.16. The minimum atomic E-state index is -0.0124. The van der Waals surface area contributed by atoms with E-state index in [4.69, 9.17) is 9.47 Å². The van der Waals surface area contributed by atoms with Crippen LogP contribution in [0.25, 0.3) is 0 Å². The van der Waals surface area contributed by atoms with Crippen molar-refractivity contribution in [2.24, 2.45) is 0 Å². The molecular formula is C24H32N4O3. The normalized spacial score (nSPS) is 21.0. The molecule has 2 heterocycles. The standard InChI is InChI=1S/C24H32N4O3/c1-16-11-20(27-13-17(2)31-18(3)14-27)6-7-21(16)26-19-5-8-22-23(12-19)30-15-24(29)28(22)10-9-25-4/h5-8,11-12,17-18,25-26H,9-10,13-15H2,1-4H3. The summed E-state index contributed by atoms with van der Waals surface area (Å²) < 4.78 is 11.6. The zero-order chi connectivity index (χ0) is 22.0. The van der Waals surface area contributed by atoms with Gasteiger partial charge in [0.05, 0.1) is 17.9 Å². The molecule has 1 amide bonds. The molecule has 0 aromatic heterocycles. The molecule has 1 saturated heterocycles. The summed E-state index contributed by atoms with van der Waals surface area (Å²) >= 11 is 0. The quantitative estimate of drug-likeness (QED) is 0.742. The average Bonchev–Trinajstić information content (AvgIpc) is 2.74. The van der Waals surface area contributed by atoms with Crippen molar-refractivity contribution >= 4 is 28.7 Å². The molecule has 2 aliphatic rings. The van der Waals surface area contributed by atoms with Gasteiger partial charge in [0.2, 0.25) is 0 Å². The minimum absolute atomic E-state index is 0.0124. The van der Waals surface area contributed by atoms with Crippen LogP contribution < -0.4 is 25.2 Å². The lowest BCUT2D eigenvalue weighted by molar-refractivity contribution is -0.121. The number of likely N-dealkylation sites (N-methyl/N-ethyl adjacent to an activating group) is 1. The van der Waals surface area contributed by atoms with Crippen LogP contribution in [0.4, 0.5) is 22.7 Å². The van der Waals surface area contributed by atoms with Gasteiger partial charge in [0.25, 0.3) is 5.91 Å². The van der Waals surface area contributed by atoms with E-state index in [2.05, 4.69) is 54.5 Å². The predicted octanol–water partition coefficient (Wildman–Crippen LogP) is 3.30. The highest BCUT2D eigenvalue weighted by Gasteiger charge is 2.25. The number of carbonyl (C=O) groups is 1. The number of aryl methyl sites for hydroxylation is 1. The maximum absolute atomic E-state index is 12.2. The van der Waals surface area contributed by atoms with Crippen LogP contribution >= 0.6 is 0 Å². The number of fused-ring (bicyclic) bond motifs is 1. The van der Waals surface area contributed by atoms with E-state index in [0.29, 0.717) is 6.54 Å². The van der Waals surface area contributed by atoms with Gasteiger partial charge in [0, 0.05) is 49.3 Å². The molecule has 31 heavy (non-hydrogen) atoms. The molecule has 2 aliphatic heterocycles. The molecular weight excluding hydrogens is 392 g/mol. The first kappa shape index (κ1) is 21.5. The lowest BCUT2D eigenvalue weighted by atomic mass is 10.1. The molecule has 7 nitrogen and oxygen atoms in total. The van der Waals surface area contributed by atoms with Crippen molar-refractivity contribution in [2.45, 2.75) is 33.0 Å². The molecule has 0 bridgehead atoms. The van der Waals surface area contributed by atoms with Crippen LogP contribution in [-0.2, 0) is 9.53 Å². The molecule has 2 aromatic carbocycles. The van der Waals surface area contributed by atoms with Gasteiger partial charge in [-0.3, -0.25) is 4.79 Å². The largest absolute Gasteiger partial charge is 0.481 e. The summed E-state index contributed by atoms with van der Waals surface area (Å²) in [5.41, 5.74) is 5.20. The molecule has 2 atom stereocenters. The van der Waals surface area contributed by atoms with Gasteiger partial charge >= 0.3 is 0 Å². The highest BCUT2D eigenvalue weighted by atomic mass is 16.5. The number of benzene rings is 2. The van der Waals surface area contributed by atoms with E-state index in [1.165, 1.54) is 11.3 Å². The topological polar surface area (TPSA) is 66.1 Å². The molecule has 0 spiro atoms. The Hall–Kier alpha value is -2.77. The lowest BCUT2D eigenvalue weighted by Crippen LogP contribution is -2.45. The third-order valence-corrected chi connectivity index (χ3v) is 5.76. The fourth-order valence-corrected chi connectivity index (χ4v) is 4.28. The molecule has 7 heteroatoms. The van der Waals surface area contributed by atoms with Crippen molar-refractivity contribution in [3.8, 4) is 5.75 Å². The molecule has 0 radical (unpaired) electrons. The first-order chi connectivity index (χ1) is 14.9. The number of ether oxygens (including phenoxy) is 2. The number of hydrogen-bond acceptors (Lipinski definition) is 6. The highest BCUT2D eigenvalue weighted by Crippen LogP contribution is 2.36. The van der Waals surface area contributed by atoms with Crippen molar-refractivity contribution in [1.82, 2.24) is 5.32 Å². The average molecular weight is 425 g/mol. The van der Waals surface area contributed by atoms with Gasteiger partial charge in [0.1, 0.15) is 5.75 Å². The van der Waals surface area contributed by atoms with E-state index < -0.39 is 0 Å². The SMILES string of the molecule is CNCCN1C(=O)COc2cc(Nc3ccc(N4CC(C)OC(C)C4)cc3C)ccc21. The van der Waals surface area contributed by atoms with E-state index in [1.807, 2.05) is 25.2 Å². The number of nitrogens with one attached hydrogen (secondary N) is 2. The lowest BCUT2D eigenvalue weighted by Gasteiger charge is -2.37. The number of rotatable bonds is 6. The zero-order valence-corrected chi connectivity index (χ0v) is 18.8. The van der Waals surface area contributed by atoms with Gasteiger partial charge in [-0.15, -0.1) is 0 Å². The smallest absolute Gasteiger partial charge is 0.265 e. The van der Waals surface area contributed by atoms with Crippen LogP contribution in [0.1, 0.15) is 19.4 Å². The third kappa shape index (κ3) is 4.78. The number of nitrogens with zero attached hydrogens (tertiary/aromatic N) is 2. The summed E-state index contributed by atoms with van der Waals surface area (Å²) in [4.78, 5) is 16.4. The van der Waals surface area contributed by atoms with E-state index in [0.717, 1.165) is 42.4 Å². The summed E-state index contributed by atoms with van der Waals surface area (Å²) in [6.45, 7) is 9.60. The second-order valence-corrected chi connectivity index (χ2v) is 8.41. The monoisotopic (exact) mass is 424 g/mol. The van der Waals surface area contributed by atoms with Gasteiger partial charge in [0.15, 0.2) is 6.61 Å². The summed E-state index contributed by atoms with van der Waals surface area (Å²) in [6.07, 6.45) is 0.466. The highest BCUT2D eigenvalue weighted by molar-refractivity contribution is 5.98. The fourth-order valence-electron chi connectivity index (χ4n) is 4.28. The van der Waals surface area contributed by atoms with Gasteiger partial charge in [-0.2, -0.15) is 0 Å². The molecule has 2 unspecified atom stereocenters. The molecule has 2 aromatic rings. The first-order valence-corrected chi connectivity index (χ1v) is 10.9. The Balaban J connectivity index is 1.50. The van der Waals surface area contributed by atoms with Crippen molar-refractivity contribution in [2.75, 3.05) is 55.0 Å². The summed E-state index contributed by atoms with van der Waals surface area (Å²) in [5, 5.41) is 6.59. The Kier molecular flexibility index (Phi) is 6.34. The fraction of sp³-hybridized carbons (Fsp3) is 0.458. The van der Waals surface area contributed by atoms with E-state index in [9.17, 15) is 4.79 Å². The number of carbonyl (C=O) groups excluding carboxylic acids is 1. The van der Waals surface area contributed by atoms with Crippen molar-refractivity contribution < 1.29 is 14.3 Å². The molecule has 1 fully saturated rings. The van der Waals surface area contributed by atoms with E-state index >= 15 is 0 Å². The van der Waals surface area contributed by atoms with Gasteiger partial charge < -0.3 is 29.9 Å². The Bertz CT molecular complexity index is 938. The predicted molar refractivity (Wildman–Crippen MR) is 125 cm³/mol. The maximum atomic E-state index is 12.2. The van der Waals surface area contributed by atoms with Crippen molar-refractivity contribution in [1.29, 1.82) is 0 Å². The van der Waals surface area contributed by atoms with Crippen LogP contribution in [0, 0.1) is 6.92 Å². The third-order valence-electron chi connectivity index (χ3n) is 5.76. The Labute approximate surface area is 184 Å². The van der Waals surface area contributed by atoms with Crippen LogP contribution in [-0.4, -0.2) is 57.9 Å². The molecule has 2 N–H and O–H groups in total. The van der Waals surface area contributed by atoms with Gasteiger partial charge in [-0.25, -0.2) is 0 Å². The molecule has 0 aliphatic carbocycles. The Morgan fingerprint density at radius 1 is 1.10 bits per heavy atom. The number of morpholine rings is 1. The number of amides is 1. The van der Waals surface area contributed by atoms with Gasteiger partial charge in [-0.05, 0) is 63.7 Å². The zero-order valence-electron chi connectivity index (χ0n) is 18.8. The molecule has 0 saturated carbocycles. The summed E-state index contributed by atoms with van der Waals surface area (Å²) in [5.74, 6) is 0.716. The van der Waals surface area contributed by atoms with E-state index in [1.54, 1.807) is 4.90 Å². The van der Waals surface area contributed by atoms with Crippen molar-refractivity contribution in [3.05, 3.63) is 42.0 Å². The summed E-state index contributed by atoms with van der Waals surface area (Å²) in [7, 11) is 1.88. The Morgan fingerprint density at radius 3 is 2.58 bits per heavy atom. The van der Waals surface area contributed by atoms with Crippen LogP contribution in [0.15, 0.2) is 36.4 Å². The van der Waals surface area contributed by atoms with Gasteiger partial charge in [-0.1, -0.05) is 0 Å². The molecule has 4 rings (SSSR count).